The molecule has 0 spiro atoms. The molecular formula is C28H49Cl3N8. The van der Waals surface area contributed by atoms with Gasteiger partial charge in [0.15, 0.2) is 5.65 Å². The van der Waals surface area contributed by atoms with Crippen LogP contribution in [0.1, 0.15) is 109 Å². The second-order valence-corrected chi connectivity index (χ2v) is 12.2. The number of fused-ring (bicyclic) bond motifs is 1. The molecule has 0 unspecified atom stereocenters. The molecule has 3 aliphatic carbocycles. The van der Waals surface area contributed by atoms with E-state index in [2.05, 4.69) is 25.1 Å². The molecule has 2 aromatic heterocycles. The largest absolute Gasteiger partial charge is 0.328 e. The molecule has 1 saturated heterocycles. The molecule has 0 bridgehead atoms. The molecule has 3 saturated carbocycles. The minimum atomic E-state index is 0. The van der Waals surface area contributed by atoms with Crippen LogP contribution in [0.2, 0.25) is 0 Å². The van der Waals surface area contributed by atoms with Crippen LogP contribution in [0, 0.1) is 11.8 Å². The summed E-state index contributed by atoms with van der Waals surface area (Å²) in [5.74, 6) is 2.60. The lowest BCUT2D eigenvalue weighted by Crippen LogP contribution is -2.58. The van der Waals surface area contributed by atoms with Crippen LogP contribution >= 0.6 is 37.2 Å². The third-order valence-electron chi connectivity index (χ3n) is 9.55. The Kier molecular flexibility index (Phi) is 12.8. The number of hydrogen-bond acceptors (Lipinski definition) is 7. The maximum Gasteiger partial charge on any atom is 0.257 e. The number of nitrogens with zero attached hydrogens (tertiary/aromatic N) is 6. The van der Waals surface area contributed by atoms with Crippen molar-refractivity contribution in [3.63, 3.8) is 0 Å². The Balaban J connectivity index is 0.00000140. The number of hydrazine groups is 2. The summed E-state index contributed by atoms with van der Waals surface area (Å²) in [6, 6.07) is 1.29. The molecule has 3 heterocycles. The monoisotopic (exact) mass is 602 g/mol. The van der Waals surface area contributed by atoms with Crippen molar-refractivity contribution in [2.75, 3.05) is 18.2 Å². The summed E-state index contributed by atoms with van der Waals surface area (Å²) < 4.78 is 2.31. The molecule has 6 rings (SSSR count). The number of anilines is 1. The zero-order chi connectivity index (χ0) is 24.3. The standard InChI is InChI=1S/C28H46N8.3ClH/c29-23-10-12-24(13-11-23)33-36(34-16-14-22(15-17-34)18-21-6-2-1-3-7-21)28-30-19-26-27(32-28)35(20-31-26)25-8-4-5-9-25;;;/h19-25,33H,1-18,29H2;3*1H. The fourth-order valence-corrected chi connectivity index (χ4v) is 7.31. The third kappa shape index (κ3) is 7.89. The highest BCUT2D eigenvalue weighted by Gasteiger charge is 2.31. The van der Waals surface area contributed by atoms with E-state index in [-0.39, 0.29) is 37.2 Å². The van der Waals surface area contributed by atoms with Crippen molar-refractivity contribution in [1.82, 2.24) is 30.0 Å². The third-order valence-corrected chi connectivity index (χ3v) is 9.55. The lowest BCUT2D eigenvalue weighted by Gasteiger charge is -2.42. The normalized spacial score (nSPS) is 25.6. The molecular weight excluding hydrogens is 555 g/mol. The van der Waals surface area contributed by atoms with E-state index < -0.39 is 0 Å². The van der Waals surface area contributed by atoms with Crippen LogP contribution in [-0.2, 0) is 0 Å². The smallest absolute Gasteiger partial charge is 0.257 e. The number of hydrogen-bond donors (Lipinski definition) is 2. The lowest BCUT2D eigenvalue weighted by atomic mass is 9.80. The van der Waals surface area contributed by atoms with E-state index in [1.807, 2.05) is 12.5 Å². The molecule has 222 valence electrons. The fraction of sp³-hybridized carbons (Fsp3) is 0.821. The first-order valence-electron chi connectivity index (χ1n) is 15.0. The van der Waals surface area contributed by atoms with E-state index in [0.29, 0.717) is 18.1 Å². The summed E-state index contributed by atoms with van der Waals surface area (Å²) in [7, 11) is 0. The highest BCUT2D eigenvalue weighted by atomic mass is 35.5. The van der Waals surface area contributed by atoms with Gasteiger partial charge in [-0.2, -0.15) is 4.98 Å². The fourth-order valence-electron chi connectivity index (χ4n) is 7.31. The zero-order valence-corrected chi connectivity index (χ0v) is 25.7. The molecule has 0 radical (unpaired) electrons. The number of nitrogens with one attached hydrogen (secondary N) is 1. The molecule has 1 aliphatic heterocycles. The van der Waals surface area contributed by atoms with Crippen LogP contribution in [0.5, 0.6) is 0 Å². The van der Waals surface area contributed by atoms with Crippen molar-refractivity contribution >= 4 is 54.3 Å². The van der Waals surface area contributed by atoms with Crippen molar-refractivity contribution < 1.29 is 0 Å². The van der Waals surface area contributed by atoms with Gasteiger partial charge in [-0.1, -0.05) is 44.9 Å². The van der Waals surface area contributed by atoms with Gasteiger partial charge in [-0.3, -0.25) is 0 Å². The number of nitrogens with two attached hydrogens (primary N) is 1. The van der Waals surface area contributed by atoms with Crippen LogP contribution in [0.15, 0.2) is 12.5 Å². The topological polar surface area (TPSA) is 88.1 Å². The average molecular weight is 604 g/mol. The quantitative estimate of drug-likeness (QED) is 0.355. The number of halogens is 3. The van der Waals surface area contributed by atoms with Gasteiger partial charge in [0.05, 0.1) is 12.5 Å². The predicted molar refractivity (Wildman–Crippen MR) is 166 cm³/mol. The van der Waals surface area contributed by atoms with Gasteiger partial charge in [0.2, 0.25) is 0 Å². The molecule has 0 atom stereocenters. The molecule has 3 N–H and O–H groups in total. The molecule has 4 fully saturated rings. The second kappa shape index (κ2) is 15.4. The van der Waals surface area contributed by atoms with E-state index >= 15 is 0 Å². The average Bonchev–Trinajstić information content (AvgIpc) is 3.59. The van der Waals surface area contributed by atoms with E-state index in [9.17, 15) is 0 Å². The first kappa shape index (κ1) is 32.6. The van der Waals surface area contributed by atoms with Crippen molar-refractivity contribution in [2.24, 2.45) is 17.6 Å². The maximum atomic E-state index is 6.21. The van der Waals surface area contributed by atoms with Gasteiger partial charge in [-0.15, -0.1) is 37.2 Å². The number of imidazole rings is 1. The highest BCUT2D eigenvalue weighted by Crippen LogP contribution is 2.34. The Morgan fingerprint density at radius 2 is 1.44 bits per heavy atom. The van der Waals surface area contributed by atoms with Crippen molar-refractivity contribution in [3.8, 4) is 0 Å². The van der Waals surface area contributed by atoms with Crippen LogP contribution in [-0.4, -0.2) is 49.7 Å². The Morgan fingerprint density at radius 1 is 0.795 bits per heavy atom. The molecule has 0 aromatic carbocycles. The van der Waals surface area contributed by atoms with E-state index in [1.165, 1.54) is 77.0 Å². The Morgan fingerprint density at radius 3 is 2.13 bits per heavy atom. The van der Waals surface area contributed by atoms with Gasteiger partial charge < -0.3 is 10.3 Å². The number of rotatable bonds is 7. The predicted octanol–water partition coefficient (Wildman–Crippen LogP) is 6.39. The SMILES string of the molecule is Cl.Cl.Cl.NC1CCC(NN(c2ncc3ncn(C4CCCC4)c3n2)N2CCC(CC3CCCCC3)CC2)CC1. The van der Waals surface area contributed by atoms with Gasteiger partial charge in [0.25, 0.3) is 5.95 Å². The van der Waals surface area contributed by atoms with E-state index in [1.54, 1.807) is 0 Å². The van der Waals surface area contributed by atoms with Crippen LogP contribution in [0.25, 0.3) is 11.2 Å². The van der Waals surface area contributed by atoms with Gasteiger partial charge >= 0.3 is 0 Å². The number of aromatic nitrogens is 4. The summed E-state index contributed by atoms with van der Waals surface area (Å²) in [4.78, 5) is 14.6. The van der Waals surface area contributed by atoms with Gasteiger partial charge in [-0.05, 0) is 69.6 Å². The second-order valence-electron chi connectivity index (χ2n) is 12.2. The summed E-state index contributed by atoms with van der Waals surface area (Å²) in [6.07, 6.45) is 24.6. The van der Waals surface area contributed by atoms with E-state index in [0.717, 1.165) is 67.7 Å². The Hall–Kier alpha value is -0.900. The van der Waals surface area contributed by atoms with Crippen LogP contribution in [0.3, 0.4) is 0 Å². The molecule has 2 aromatic rings. The molecule has 0 amide bonds. The Bertz CT molecular complexity index is 978. The van der Waals surface area contributed by atoms with Crippen molar-refractivity contribution in [3.05, 3.63) is 12.5 Å². The van der Waals surface area contributed by atoms with Crippen LogP contribution in [0.4, 0.5) is 5.95 Å². The van der Waals surface area contributed by atoms with E-state index in [4.69, 9.17) is 15.7 Å². The molecule has 39 heavy (non-hydrogen) atoms. The molecule has 4 aliphatic rings. The first-order chi connectivity index (χ1) is 17.7. The maximum absolute atomic E-state index is 6.21. The minimum absolute atomic E-state index is 0. The zero-order valence-electron chi connectivity index (χ0n) is 23.3. The summed E-state index contributed by atoms with van der Waals surface area (Å²) >= 11 is 0. The first-order valence-corrected chi connectivity index (χ1v) is 15.0. The molecule has 11 heteroatoms. The minimum Gasteiger partial charge on any atom is -0.328 e. The van der Waals surface area contributed by atoms with Crippen molar-refractivity contribution in [2.45, 2.75) is 121 Å². The highest BCUT2D eigenvalue weighted by molar-refractivity contribution is 5.86. The van der Waals surface area contributed by atoms with Gasteiger partial charge in [-0.25, -0.2) is 25.5 Å². The summed E-state index contributed by atoms with van der Waals surface area (Å²) in [5.41, 5.74) is 12.0. The van der Waals surface area contributed by atoms with Gasteiger partial charge in [0.1, 0.15) is 5.52 Å². The lowest BCUT2D eigenvalue weighted by molar-refractivity contribution is 0.119. The van der Waals surface area contributed by atoms with Gasteiger partial charge in [0, 0.05) is 31.2 Å². The summed E-state index contributed by atoms with van der Waals surface area (Å²) in [6.45, 7) is 2.14. The van der Waals surface area contributed by atoms with Crippen LogP contribution < -0.4 is 16.3 Å². The summed E-state index contributed by atoms with van der Waals surface area (Å²) in [5, 5.41) is 4.69. The Labute approximate surface area is 252 Å². The van der Waals surface area contributed by atoms with Crippen molar-refractivity contribution in [1.29, 1.82) is 0 Å². The molecule has 8 nitrogen and oxygen atoms in total. The number of piperidine rings is 1.